The number of benzene rings is 4. The molecule has 3 N–H and O–H groups in total. The van der Waals surface area contributed by atoms with E-state index in [1.54, 1.807) is 30.3 Å². The first-order valence-corrected chi connectivity index (χ1v) is 14.2. The number of nitrogens with one attached hydrogen (secondary N) is 3. The SMILES string of the molecule is Cc1ccccc1NC(=O)COc1cccc(/C=N\NC(=O)c2ccc(-c3csc(Nc4ccc(Cl)cc4)n3)cc2)c1. The summed E-state index contributed by atoms with van der Waals surface area (Å²) < 4.78 is 5.63. The summed E-state index contributed by atoms with van der Waals surface area (Å²) in [5.74, 6) is -0.0951. The topological polar surface area (TPSA) is 105 Å². The van der Waals surface area contributed by atoms with Gasteiger partial charge in [0.1, 0.15) is 5.75 Å². The Balaban J connectivity index is 1.11. The number of thiazole rings is 1. The van der Waals surface area contributed by atoms with Crippen LogP contribution in [0.1, 0.15) is 21.5 Å². The van der Waals surface area contributed by atoms with Crippen LogP contribution in [0.5, 0.6) is 5.75 Å². The number of nitrogens with zero attached hydrogens (tertiary/aromatic N) is 2. The molecule has 0 spiro atoms. The number of amides is 2. The standard InChI is InChI=1S/C32H26ClN5O3S/c1-21-5-2-3-8-28(21)36-30(39)19-41-27-7-4-6-22(17-27)18-34-38-31(40)24-11-9-23(10-12-24)29-20-42-32(37-29)35-26-15-13-25(33)14-16-26/h2-18,20H,19H2,1H3,(H,35,37)(H,36,39)(H,38,40)/b34-18-. The first-order valence-electron chi connectivity index (χ1n) is 12.9. The van der Waals surface area contributed by atoms with Gasteiger partial charge in [-0.05, 0) is 72.6 Å². The number of hydrogen-bond donors (Lipinski definition) is 3. The monoisotopic (exact) mass is 595 g/mol. The molecule has 0 radical (unpaired) electrons. The Morgan fingerprint density at radius 3 is 2.55 bits per heavy atom. The van der Waals surface area contributed by atoms with E-state index in [4.69, 9.17) is 16.3 Å². The number of para-hydroxylation sites is 1. The van der Waals surface area contributed by atoms with Crippen LogP contribution in [0.25, 0.3) is 11.3 Å². The number of aromatic nitrogens is 1. The van der Waals surface area contributed by atoms with Crippen molar-refractivity contribution in [2.45, 2.75) is 6.92 Å². The van der Waals surface area contributed by atoms with E-state index in [0.29, 0.717) is 21.9 Å². The van der Waals surface area contributed by atoms with Gasteiger partial charge >= 0.3 is 0 Å². The van der Waals surface area contributed by atoms with Crippen LogP contribution in [0.15, 0.2) is 108 Å². The maximum atomic E-state index is 12.6. The maximum Gasteiger partial charge on any atom is 0.271 e. The molecule has 5 aromatic rings. The van der Waals surface area contributed by atoms with Gasteiger partial charge in [-0.2, -0.15) is 5.10 Å². The predicted molar refractivity (Wildman–Crippen MR) is 169 cm³/mol. The van der Waals surface area contributed by atoms with Crippen molar-refractivity contribution in [2.24, 2.45) is 5.10 Å². The molecule has 0 aliphatic rings. The second-order valence-corrected chi connectivity index (χ2v) is 10.5. The van der Waals surface area contributed by atoms with Crippen molar-refractivity contribution >= 4 is 57.5 Å². The summed E-state index contributed by atoms with van der Waals surface area (Å²) in [5.41, 5.74) is 8.01. The number of hydrogen-bond acceptors (Lipinski definition) is 7. The Morgan fingerprint density at radius 2 is 1.76 bits per heavy atom. The number of hydrazone groups is 1. The van der Waals surface area contributed by atoms with Crippen molar-refractivity contribution in [3.8, 4) is 17.0 Å². The summed E-state index contributed by atoms with van der Waals surface area (Å²) in [7, 11) is 0. The average Bonchev–Trinajstić information content (AvgIpc) is 3.47. The molecule has 10 heteroatoms. The number of carbonyl (C=O) groups excluding carboxylic acids is 2. The lowest BCUT2D eigenvalue weighted by atomic mass is 10.1. The molecule has 0 fully saturated rings. The summed E-state index contributed by atoms with van der Waals surface area (Å²) in [5, 5.41) is 13.5. The highest BCUT2D eigenvalue weighted by Crippen LogP contribution is 2.28. The third-order valence-corrected chi connectivity index (χ3v) is 7.08. The average molecular weight is 596 g/mol. The molecule has 0 aliphatic heterocycles. The molecule has 0 atom stereocenters. The number of aryl methyl sites for hydroxylation is 1. The van der Waals surface area contributed by atoms with Gasteiger partial charge in [0, 0.05) is 32.9 Å². The van der Waals surface area contributed by atoms with Crippen molar-refractivity contribution in [1.29, 1.82) is 0 Å². The van der Waals surface area contributed by atoms with Crippen molar-refractivity contribution < 1.29 is 14.3 Å². The van der Waals surface area contributed by atoms with Gasteiger partial charge in [-0.15, -0.1) is 11.3 Å². The minimum absolute atomic E-state index is 0.136. The van der Waals surface area contributed by atoms with Gasteiger partial charge in [-0.1, -0.05) is 54.1 Å². The summed E-state index contributed by atoms with van der Waals surface area (Å²) in [4.78, 5) is 29.5. The molecule has 8 nitrogen and oxygen atoms in total. The van der Waals surface area contributed by atoms with Crippen molar-refractivity contribution in [1.82, 2.24) is 10.4 Å². The third kappa shape index (κ3) is 7.81. The summed E-state index contributed by atoms with van der Waals surface area (Å²) in [6, 6.07) is 29.2. The van der Waals surface area contributed by atoms with E-state index in [1.165, 1.54) is 17.6 Å². The molecule has 1 aromatic heterocycles. The van der Waals surface area contributed by atoms with Crippen molar-refractivity contribution in [3.63, 3.8) is 0 Å². The van der Waals surface area contributed by atoms with E-state index < -0.39 is 0 Å². The number of halogens is 1. The van der Waals surface area contributed by atoms with E-state index >= 15 is 0 Å². The van der Waals surface area contributed by atoms with Crippen LogP contribution in [-0.4, -0.2) is 29.6 Å². The number of ether oxygens (including phenoxy) is 1. The van der Waals surface area contributed by atoms with E-state index in [9.17, 15) is 9.59 Å². The summed E-state index contributed by atoms with van der Waals surface area (Å²) in [6.07, 6.45) is 1.51. The fourth-order valence-electron chi connectivity index (χ4n) is 3.88. The molecule has 5 rings (SSSR count). The summed E-state index contributed by atoms with van der Waals surface area (Å²) >= 11 is 7.43. The second kappa shape index (κ2) is 13.6. The number of rotatable bonds is 10. The largest absolute Gasteiger partial charge is 0.484 e. The zero-order valence-corrected chi connectivity index (χ0v) is 24.1. The number of carbonyl (C=O) groups is 2. The molecule has 2 amide bonds. The minimum Gasteiger partial charge on any atom is -0.484 e. The highest BCUT2D eigenvalue weighted by Gasteiger charge is 2.09. The van der Waals surface area contributed by atoms with Crippen molar-refractivity contribution in [3.05, 3.63) is 124 Å². The van der Waals surface area contributed by atoms with Crippen LogP contribution in [0.3, 0.4) is 0 Å². The van der Waals surface area contributed by atoms with Crippen molar-refractivity contribution in [2.75, 3.05) is 17.2 Å². The van der Waals surface area contributed by atoms with Crippen LogP contribution in [0.4, 0.5) is 16.5 Å². The van der Waals surface area contributed by atoms with Crippen LogP contribution in [-0.2, 0) is 4.79 Å². The molecule has 0 bridgehead atoms. The zero-order chi connectivity index (χ0) is 29.3. The molecular weight excluding hydrogens is 570 g/mol. The minimum atomic E-state index is -0.346. The fourth-order valence-corrected chi connectivity index (χ4v) is 4.74. The van der Waals surface area contributed by atoms with Gasteiger partial charge in [-0.25, -0.2) is 10.4 Å². The predicted octanol–water partition coefficient (Wildman–Crippen LogP) is 7.30. The van der Waals surface area contributed by atoms with Gasteiger partial charge < -0.3 is 15.4 Å². The van der Waals surface area contributed by atoms with Crippen LogP contribution < -0.4 is 20.8 Å². The van der Waals surface area contributed by atoms with Crippen LogP contribution in [0, 0.1) is 6.92 Å². The van der Waals surface area contributed by atoms with Crippen LogP contribution >= 0.6 is 22.9 Å². The fraction of sp³-hybridized carbons (Fsp3) is 0.0625. The molecule has 210 valence electrons. The van der Waals surface area contributed by atoms with Gasteiger partial charge in [0.15, 0.2) is 11.7 Å². The van der Waals surface area contributed by atoms with Crippen LogP contribution in [0.2, 0.25) is 5.02 Å². The molecular formula is C32H26ClN5O3S. The van der Waals surface area contributed by atoms with E-state index in [2.05, 4.69) is 26.1 Å². The molecule has 0 aliphatic carbocycles. The lowest BCUT2D eigenvalue weighted by Crippen LogP contribution is -2.20. The zero-order valence-electron chi connectivity index (χ0n) is 22.5. The van der Waals surface area contributed by atoms with Gasteiger partial charge in [0.2, 0.25) is 0 Å². The van der Waals surface area contributed by atoms with Gasteiger partial charge in [0.05, 0.1) is 11.9 Å². The van der Waals surface area contributed by atoms with Gasteiger partial charge in [0.25, 0.3) is 11.8 Å². The molecule has 4 aromatic carbocycles. The maximum absolute atomic E-state index is 12.6. The Kier molecular flexibility index (Phi) is 9.23. The highest BCUT2D eigenvalue weighted by atomic mass is 35.5. The Morgan fingerprint density at radius 1 is 0.976 bits per heavy atom. The molecule has 1 heterocycles. The summed E-state index contributed by atoms with van der Waals surface area (Å²) in [6.45, 7) is 1.79. The quantitative estimate of drug-likeness (QED) is 0.116. The Hall–Kier alpha value is -4.99. The third-order valence-electron chi connectivity index (χ3n) is 6.07. The van der Waals surface area contributed by atoms with E-state index in [-0.39, 0.29) is 18.4 Å². The second-order valence-electron chi connectivity index (χ2n) is 9.17. The van der Waals surface area contributed by atoms with E-state index in [1.807, 2.05) is 79.0 Å². The molecule has 42 heavy (non-hydrogen) atoms. The lowest BCUT2D eigenvalue weighted by Gasteiger charge is -2.09. The first kappa shape index (κ1) is 28.5. The molecule has 0 saturated carbocycles. The first-order chi connectivity index (χ1) is 20.4. The van der Waals surface area contributed by atoms with E-state index in [0.717, 1.165) is 33.3 Å². The molecule has 0 saturated heterocycles. The Bertz CT molecular complexity index is 1720. The Labute approximate surface area is 252 Å². The lowest BCUT2D eigenvalue weighted by molar-refractivity contribution is -0.118. The number of anilines is 3. The normalized spacial score (nSPS) is 10.8. The smallest absolute Gasteiger partial charge is 0.271 e. The molecule has 0 unspecified atom stereocenters. The highest BCUT2D eigenvalue weighted by molar-refractivity contribution is 7.14. The van der Waals surface area contributed by atoms with Gasteiger partial charge in [-0.3, -0.25) is 9.59 Å².